The van der Waals surface area contributed by atoms with Crippen molar-refractivity contribution in [3.63, 3.8) is 0 Å². The minimum Gasteiger partial charge on any atom is -0.419 e. The topological polar surface area (TPSA) is 56.7 Å². The fourth-order valence-corrected chi connectivity index (χ4v) is 5.12. The van der Waals surface area contributed by atoms with Crippen LogP contribution in [0.1, 0.15) is 37.1 Å². The highest BCUT2D eigenvalue weighted by Crippen LogP contribution is 2.32. The highest BCUT2D eigenvalue weighted by molar-refractivity contribution is 7.98. The normalized spacial score (nSPS) is 11.8. The number of aromatic nitrogens is 4. The second-order valence-corrected chi connectivity index (χ2v) is 9.33. The number of rotatable bonds is 7. The number of imidazole rings is 1. The third-order valence-corrected chi connectivity index (χ3v) is 6.84. The summed E-state index contributed by atoms with van der Waals surface area (Å²) >= 11 is 3.38. The van der Waals surface area contributed by atoms with E-state index in [2.05, 4.69) is 66.7 Å². The van der Waals surface area contributed by atoms with Crippen LogP contribution in [0.3, 0.4) is 0 Å². The Balaban J connectivity index is 1.54. The molecule has 0 N–H and O–H groups in total. The third-order valence-electron chi connectivity index (χ3n) is 4.51. The van der Waals surface area contributed by atoms with Crippen LogP contribution in [0.5, 0.6) is 0 Å². The van der Waals surface area contributed by atoms with Gasteiger partial charge in [-0.05, 0) is 43.0 Å². The number of para-hydroxylation sites is 2. The van der Waals surface area contributed by atoms with Gasteiger partial charge < -0.3 is 8.98 Å². The Labute approximate surface area is 173 Å². The molecule has 3 heterocycles. The SMILES string of the molecule is CCc1sc(-c2nnc(CSc3nc4ccccc4n3CC(C)C)o2)cc1C. The fraction of sp³-hybridized carbons (Fsp3) is 0.381. The van der Waals surface area contributed by atoms with Crippen molar-refractivity contribution < 1.29 is 4.42 Å². The highest BCUT2D eigenvalue weighted by atomic mass is 32.2. The first-order valence-electron chi connectivity index (χ1n) is 9.55. The Kier molecular flexibility index (Phi) is 5.55. The summed E-state index contributed by atoms with van der Waals surface area (Å²) < 4.78 is 8.22. The summed E-state index contributed by atoms with van der Waals surface area (Å²) in [5, 5.41) is 9.50. The number of hydrogen-bond acceptors (Lipinski definition) is 6. The smallest absolute Gasteiger partial charge is 0.257 e. The summed E-state index contributed by atoms with van der Waals surface area (Å²) in [7, 11) is 0. The van der Waals surface area contributed by atoms with E-state index < -0.39 is 0 Å². The standard InChI is InChI=1S/C21H24N4OS2/c1-5-17-14(4)10-18(28-17)20-24-23-19(26-20)12-27-21-22-15-8-6-7-9-16(15)25(21)11-13(2)3/h6-10,13H,5,11-12H2,1-4H3. The number of thioether (sulfide) groups is 1. The molecule has 5 nitrogen and oxygen atoms in total. The molecule has 0 radical (unpaired) electrons. The van der Waals surface area contributed by atoms with Crippen LogP contribution < -0.4 is 0 Å². The van der Waals surface area contributed by atoms with Gasteiger partial charge in [-0.2, -0.15) is 0 Å². The molecule has 4 aromatic rings. The molecule has 0 aliphatic rings. The maximum absolute atomic E-state index is 5.93. The van der Waals surface area contributed by atoms with Gasteiger partial charge in [0.25, 0.3) is 5.89 Å². The van der Waals surface area contributed by atoms with Crippen molar-refractivity contribution in [2.75, 3.05) is 0 Å². The predicted molar refractivity (Wildman–Crippen MR) is 116 cm³/mol. The molecule has 28 heavy (non-hydrogen) atoms. The van der Waals surface area contributed by atoms with Crippen LogP contribution in [-0.4, -0.2) is 19.7 Å². The summed E-state index contributed by atoms with van der Waals surface area (Å²) in [6.07, 6.45) is 1.03. The van der Waals surface area contributed by atoms with Crippen molar-refractivity contribution in [2.24, 2.45) is 5.92 Å². The van der Waals surface area contributed by atoms with Crippen LogP contribution in [0.15, 0.2) is 39.9 Å². The molecule has 0 atom stereocenters. The number of thiophene rings is 1. The van der Waals surface area contributed by atoms with Gasteiger partial charge in [0.1, 0.15) is 0 Å². The average Bonchev–Trinajstić information content (AvgIpc) is 3.37. The van der Waals surface area contributed by atoms with Crippen LogP contribution >= 0.6 is 23.1 Å². The van der Waals surface area contributed by atoms with Crippen LogP contribution in [0.4, 0.5) is 0 Å². The van der Waals surface area contributed by atoms with Gasteiger partial charge in [-0.25, -0.2) is 4.98 Å². The largest absolute Gasteiger partial charge is 0.419 e. The van der Waals surface area contributed by atoms with Crippen molar-refractivity contribution >= 4 is 34.1 Å². The maximum Gasteiger partial charge on any atom is 0.257 e. The number of hydrogen-bond donors (Lipinski definition) is 0. The fourth-order valence-electron chi connectivity index (χ4n) is 3.22. The highest BCUT2D eigenvalue weighted by Gasteiger charge is 2.16. The lowest BCUT2D eigenvalue weighted by molar-refractivity contribution is 0.503. The lowest BCUT2D eigenvalue weighted by atomic mass is 10.2. The Hall–Kier alpha value is -2.12. The van der Waals surface area contributed by atoms with E-state index in [0.717, 1.165) is 28.5 Å². The van der Waals surface area contributed by atoms with Crippen molar-refractivity contribution in [3.8, 4) is 10.8 Å². The molecule has 0 spiro atoms. The molecule has 0 aliphatic carbocycles. The van der Waals surface area contributed by atoms with Gasteiger partial charge in [-0.3, -0.25) is 0 Å². The van der Waals surface area contributed by atoms with E-state index >= 15 is 0 Å². The monoisotopic (exact) mass is 412 g/mol. The van der Waals surface area contributed by atoms with E-state index in [9.17, 15) is 0 Å². The van der Waals surface area contributed by atoms with Gasteiger partial charge >= 0.3 is 0 Å². The second kappa shape index (κ2) is 8.09. The maximum atomic E-state index is 5.93. The lowest BCUT2D eigenvalue weighted by Crippen LogP contribution is -2.05. The average molecular weight is 413 g/mol. The minimum atomic E-state index is 0.543. The quantitative estimate of drug-likeness (QED) is 0.350. The molecule has 146 valence electrons. The summed E-state index contributed by atoms with van der Waals surface area (Å²) in [5.74, 6) is 2.40. The van der Waals surface area contributed by atoms with Crippen LogP contribution in [0.2, 0.25) is 0 Å². The van der Waals surface area contributed by atoms with Gasteiger partial charge in [0.15, 0.2) is 5.16 Å². The molecule has 4 rings (SSSR count). The van der Waals surface area contributed by atoms with Gasteiger partial charge in [0.2, 0.25) is 5.89 Å². The summed E-state index contributed by atoms with van der Waals surface area (Å²) in [6.45, 7) is 9.68. The van der Waals surface area contributed by atoms with E-state index in [1.807, 2.05) is 6.07 Å². The molecule has 0 aliphatic heterocycles. The van der Waals surface area contributed by atoms with Crippen LogP contribution in [-0.2, 0) is 18.7 Å². The summed E-state index contributed by atoms with van der Waals surface area (Å²) in [6, 6.07) is 10.4. The van der Waals surface area contributed by atoms with Gasteiger partial charge in [-0.1, -0.05) is 44.7 Å². The minimum absolute atomic E-state index is 0.543. The van der Waals surface area contributed by atoms with Crippen molar-refractivity contribution in [1.29, 1.82) is 0 Å². The molecule has 0 saturated heterocycles. The summed E-state index contributed by atoms with van der Waals surface area (Å²) in [4.78, 5) is 7.22. The van der Waals surface area contributed by atoms with Crippen LogP contribution in [0.25, 0.3) is 21.8 Å². The first kappa shape index (κ1) is 19.2. The van der Waals surface area contributed by atoms with Crippen molar-refractivity contribution in [1.82, 2.24) is 19.7 Å². The number of nitrogens with zero attached hydrogens (tertiary/aromatic N) is 4. The molecule has 7 heteroatoms. The van der Waals surface area contributed by atoms with E-state index in [-0.39, 0.29) is 0 Å². The zero-order valence-electron chi connectivity index (χ0n) is 16.6. The van der Waals surface area contributed by atoms with E-state index in [1.165, 1.54) is 16.0 Å². The number of fused-ring (bicyclic) bond motifs is 1. The van der Waals surface area contributed by atoms with E-state index in [1.54, 1.807) is 23.1 Å². The zero-order chi connectivity index (χ0) is 19.7. The Morgan fingerprint density at radius 3 is 2.79 bits per heavy atom. The first-order valence-corrected chi connectivity index (χ1v) is 11.4. The van der Waals surface area contributed by atoms with Gasteiger partial charge in [0.05, 0.1) is 21.7 Å². The van der Waals surface area contributed by atoms with Crippen molar-refractivity contribution in [3.05, 3.63) is 46.7 Å². The van der Waals surface area contributed by atoms with Crippen molar-refractivity contribution in [2.45, 2.75) is 51.6 Å². The molecule has 0 amide bonds. The molecule has 3 aromatic heterocycles. The molecule has 0 unspecified atom stereocenters. The van der Waals surface area contributed by atoms with E-state index in [0.29, 0.717) is 23.5 Å². The first-order chi connectivity index (χ1) is 13.5. The Bertz CT molecular complexity index is 1090. The Morgan fingerprint density at radius 2 is 2.04 bits per heavy atom. The predicted octanol–water partition coefficient (Wildman–Crippen LogP) is 5.97. The molecular weight excluding hydrogens is 388 g/mol. The van der Waals surface area contributed by atoms with E-state index in [4.69, 9.17) is 9.40 Å². The number of benzene rings is 1. The number of aryl methyl sites for hydroxylation is 2. The van der Waals surface area contributed by atoms with Gasteiger partial charge in [0, 0.05) is 11.4 Å². The van der Waals surface area contributed by atoms with Gasteiger partial charge in [-0.15, -0.1) is 21.5 Å². The molecular formula is C21H24N4OS2. The molecule has 0 bridgehead atoms. The molecule has 1 aromatic carbocycles. The zero-order valence-corrected chi connectivity index (χ0v) is 18.2. The molecule has 0 fully saturated rings. The second-order valence-electron chi connectivity index (χ2n) is 7.25. The Morgan fingerprint density at radius 1 is 1.21 bits per heavy atom. The molecule has 0 saturated carbocycles. The lowest BCUT2D eigenvalue weighted by Gasteiger charge is -2.10. The third kappa shape index (κ3) is 3.86. The van der Waals surface area contributed by atoms with Crippen LogP contribution in [0, 0.1) is 12.8 Å². The summed E-state index contributed by atoms with van der Waals surface area (Å²) in [5.41, 5.74) is 3.49.